The number of halogens is 4. The van der Waals surface area contributed by atoms with Crippen LogP contribution >= 0.6 is 22.9 Å². The Morgan fingerprint density at radius 1 is 1.21 bits per heavy atom. The molecule has 0 aliphatic carbocycles. The number of hydrogen-bond acceptors (Lipinski definition) is 8. The van der Waals surface area contributed by atoms with E-state index in [1.807, 2.05) is 0 Å². The molecule has 0 spiro atoms. The van der Waals surface area contributed by atoms with Crippen LogP contribution in [0, 0.1) is 6.57 Å². The van der Waals surface area contributed by atoms with Gasteiger partial charge in [-0.3, -0.25) is 9.59 Å². The fourth-order valence-corrected chi connectivity index (χ4v) is 3.52. The van der Waals surface area contributed by atoms with Gasteiger partial charge in [0.2, 0.25) is 0 Å². The standard InChI is InChI=1S/C18H12ClF3N8O2S/c1-7(29-16(32)13-12(24-2)14(23)28-6-27-13)17-26-5-10(33-17)15(31)30-11-3-8(18(20,21)22)9(19)4-25-11/h3-7H,1H3,(H,29,32)(H2,23,27,28)(H,25,30,31). The molecule has 4 N–H and O–H groups in total. The van der Waals surface area contributed by atoms with Crippen molar-refractivity contribution in [2.75, 3.05) is 11.1 Å². The molecule has 33 heavy (non-hydrogen) atoms. The number of hydrogen-bond donors (Lipinski definition) is 3. The lowest BCUT2D eigenvalue weighted by Crippen LogP contribution is -2.27. The summed E-state index contributed by atoms with van der Waals surface area (Å²) in [5.41, 5.74) is 4.03. The first-order chi connectivity index (χ1) is 15.5. The topological polar surface area (TPSA) is 140 Å². The highest BCUT2D eigenvalue weighted by Crippen LogP contribution is 2.35. The van der Waals surface area contributed by atoms with Crippen molar-refractivity contribution >= 4 is 52.1 Å². The molecule has 2 amide bonds. The number of carbonyl (C=O) groups is 2. The first-order valence-corrected chi connectivity index (χ1v) is 9.99. The number of rotatable bonds is 5. The van der Waals surface area contributed by atoms with Crippen molar-refractivity contribution in [3.8, 4) is 0 Å². The summed E-state index contributed by atoms with van der Waals surface area (Å²) < 4.78 is 38.9. The molecule has 0 fully saturated rings. The molecule has 1 unspecified atom stereocenters. The predicted molar refractivity (Wildman–Crippen MR) is 113 cm³/mol. The molecule has 15 heteroatoms. The maximum atomic E-state index is 13.0. The molecule has 0 saturated carbocycles. The predicted octanol–water partition coefficient (Wildman–Crippen LogP) is 3.88. The maximum Gasteiger partial charge on any atom is 0.418 e. The number of nitrogens with one attached hydrogen (secondary N) is 2. The molecule has 3 aromatic heterocycles. The third kappa shape index (κ3) is 5.33. The molecule has 3 aromatic rings. The number of nitrogens with zero attached hydrogens (tertiary/aromatic N) is 5. The Bertz CT molecular complexity index is 1270. The summed E-state index contributed by atoms with van der Waals surface area (Å²) in [6.07, 6.45) is -1.69. The number of alkyl halides is 3. The fourth-order valence-electron chi connectivity index (χ4n) is 2.49. The van der Waals surface area contributed by atoms with E-state index in [-0.39, 0.29) is 27.9 Å². The van der Waals surface area contributed by atoms with Crippen molar-refractivity contribution < 1.29 is 22.8 Å². The van der Waals surface area contributed by atoms with Crippen molar-refractivity contribution in [3.63, 3.8) is 0 Å². The highest BCUT2D eigenvalue weighted by molar-refractivity contribution is 7.13. The van der Waals surface area contributed by atoms with Crippen molar-refractivity contribution in [1.82, 2.24) is 25.3 Å². The van der Waals surface area contributed by atoms with Gasteiger partial charge in [0.25, 0.3) is 17.5 Å². The summed E-state index contributed by atoms with van der Waals surface area (Å²) >= 11 is 6.42. The first-order valence-electron chi connectivity index (χ1n) is 8.79. The molecule has 3 heterocycles. The Balaban J connectivity index is 1.72. The van der Waals surface area contributed by atoms with E-state index in [0.717, 1.165) is 23.9 Å². The number of amides is 2. The van der Waals surface area contributed by atoms with Gasteiger partial charge in [-0.2, -0.15) is 13.2 Å². The quantitative estimate of drug-likeness (QED) is 0.455. The summed E-state index contributed by atoms with van der Waals surface area (Å²) in [5, 5.41) is 4.55. The number of nitrogen functional groups attached to an aromatic ring is 1. The summed E-state index contributed by atoms with van der Waals surface area (Å²) in [6, 6.07) is -0.0720. The fraction of sp³-hybridized carbons (Fsp3) is 0.167. The second kappa shape index (κ2) is 9.35. The Labute approximate surface area is 192 Å². The second-order valence-corrected chi connectivity index (χ2v) is 7.80. The van der Waals surface area contributed by atoms with Gasteiger partial charge in [0.15, 0.2) is 0 Å². The highest BCUT2D eigenvalue weighted by Gasteiger charge is 2.34. The van der Waals surface area contributed by atoms with Crippen molar-refractivity contribution in [2.24, 2.45) is 0 Å². The molecule has 0 bridgehead atoms. The van der Waals surface area contributed by atoms with Gasteiger partial charge in [0.1, 0.15) is 33.5 Å². The lowest BCUT2D eigenvalue weighted by atomic mass is 10.2. The number of aromatic nitrogens is 4. The minimum Gasteiger partial charge on any atom is -0.392 e. The number of carbonyl (C=O) groups excluding carboxylic acids is 2. The largest absolute Gasteiger partial charge is 0.418 e. The van der Waals surface area contributed by atoms with Crippen LogP contribution in [0.4, 0.5) is 30.5 Å². The SMILES string of the molecule is [C-]#[N+]c1c(N)ncnc1C(=O)NC(C)c1ncc(C(=O)Nc2cc(C(F)(F)F)c(Cl)cn2)s1. The van der Waals surface area contributed by atoms with Gasteiger partial charge in [0, 0.05) is 6.20 Å². The minimum atomic E-state index is -4.72. The first kappa shape index (κ1) is 23.8. The van der Waals surface area contributed by atoms with Crippen LogP contribution in [-0.2, 0) is 6.18 Å². The Morgan fingerprint density at radius 2 is 1.94 bits per heavy atom. The summed E-state index contributed by atoms with van der Waals surface area (Å²) in [6.45, 7) is 8.70. The molecule has 0 aliphatic rings. The Morgan fingerprint density at radius 3 is 2.61 bits per heavy atom. The maximum absolute atomic E-state index is 13.0. The third-order valence-corrected chi connectivity index (χ3v) is 5.53. The van der Waals surface area contributed by atoms with E-state index in [9.17, 15) is 22.8 Å². The van der Waals surface area contributed by atoms with Gasteiger partial charge >= 0.3 is 6.18 Å². The second-order valence-electron chi connectivity index (χ2n) is 6.33. The number of pyridine rings is 1. The normalized spacial score (nSPS) is 12.0. The minimum absolute atomic E-state index is 0.0598. The van der Waals surface area contributed by atoms with Gasteiger partial charge in [-0.15, -0.1) is 11.3 Å². The lowest BCUT2D eigenvalue weighted by Gasteiger charge is -2.12. The Kier molecular flexibility index (Phi) is 6.75. The highest BCUT2D eigenvalue weighted by atomic mass is 35.5. The summed E-state index contributed by atoms with van der Waals surface area (Å²) in [7, 11) is 0. The van der Waals surface area contributed by atoms with Crippen LogP contribution in [-0.4, -0.2) is 31.8 Å². The lowest BCUT2D eigenvalue weighted by molar-refractivity contribution is -0.137. The van der Waals surface area contributed by atoms with Gasteiger partial charge in [-0.1, -0.05) is 11.6 Å². The van der Waals surface area contributed by atoms with Crippen molar-refractivity contribution in [1.29, 1.82) is 0 Å². The Hall–Kier alpha value is -3.83. The average molecular weight is 497 g/mol. The smallest absolute Gasteiger partial charge is 0.392 e. The van der Waals surface area contributed by atoms with Crippen molar-refractivity contribution in [2.45, 2.75) is 19.1 Å². The van der Waals surface area contributed by atoms with Crippen LogP contribution in [0.2, 0.25) is 5.02 Å². The van der Waals surface area contributed by atoms with Crippen LogP contribution in [0.25, 0.3) is 4.85 Å². The van der Waals surface area contributed by atoms with Crippen LogP contribution in [0.15, 0.2) is 24.8 Å². The molecule has 170 valence electrons. The molecule has 3 rings (SSSR count). The number of thiazole rings is 1. The number of anilines is 2. The van der Waals surface area contributed by atoms with E-state index in [1.165, 1.54) is 6.20 Å². The van der Waals surface area contributed by atoms with Crippen LogP contribution in [0.5, 0.6) is 0 Å². The zero-order valence-corrected chi connectivity index (χ0v) is 18.0. The molecule has 0 aromatic carbocycles. The van der Waals surface area contributed by atoms with Gasteiger partial charge < -0.3 is 16.4 Å². The average Bonchev–Trinajstić information content (AvgIpc) is 3.24. The van der Waals surface area contributed by atoms with E-state index in [4.69, 9.17) is 23.9 Å². The molecule has 0 aliphatic heterocycles. The molecule has 1 atom stereocenters. The zero-order chi connectivity index (χ0) is 24.3. The van der Waals surface area contributed by atoms with Gasteiger partial charge in [-0.05, 0) is 13.0 Å². The van der Waals surface area contributed by atoms with E-state index >= 15 is 0 Å². The van der Waals surface area contributed by atoms with Gasteiger partial charge in [0.05, 0.1) is 29.4 Å². The molecule has 10 nitrogen and oxygen atoms in total. The molecular formula is C18H12ClF3N8O2S. The third-order valence-electron chi connectivity index (χ3n) is 4.05. The monoisotopic (exact) mass is 496 g/mol. The summed E-state index contributed by atoms with van der Waals surface area (Å²) in [5.74, 6) is -1.94. The molecule has 0 radical (unpaired) electrons. The van der Waals surface area contributed by atoms with Gasteiger partial charge in [-0.25, -0.2) is 24.8 Å². The van der Waals surface area contributed by atoms with E-state index < -0.39 is 34.6 Å². The van der Waals surface area contributed by atoms with Crippen LogP contribution < -0.4 is 16.4 Å². The van der Waals surface area contributed by atoms with E-state index in [2.05, 4.69) is 35.4 Å². The van der Waals surface area contributed by atoms with Crippen molar-refractivity contribution in [3.05, 3.63) is 62.4 Å². The molecule has 0 saturated heterocycles. The summed E-state index contributed by atoms with van der Waals surface area (Å²) in [4.78, 5) is 43.3. The zero-order valence-electron chi connectivity index (χ0n) is 16.4. The van der Waals surface area contributed by atoms with Crippen LogP contribution in [0.1, 0.15) is 43.7 Å². The van der Waals surface area contributed by atoms with E-state index in [1.54, 1.807) is 6.92 Å². The van der Waals surface area contributed by atoms with Crippen LogP contribution in [0.3, 0.4) is 0 Å². The van der Waals surface area contributed by atoms with E-state index in [0.29, 0.717) is 11.1 Å². The number of nitrogens with two attached hydrogens (primary N) is 1. The molecular weight excluding hydrogens is 485 g/mol.